The number of benzene rings is 3. The number of nitrogens with zero attached hydrogens (tertiary/aromatic N) is 10. The summed E-state index contributed by atoms with van der Waals surface area (Å²) in [5.41, 5.74) is 12.3. The molecule has 8 N–H and O–H groups in total. The topological polar surface area (TPSA) is 258 Å². The molecule has 400 valence electrons. The smallest absolute Gasteiger partial charge is 0.435 e. The van der Waals surface area contributed by atoms with Gasteiger partial charge in [-0.25, -0.2) is 19.3 Å². The number of allylic oxidation sites excluding steroid dienone is 9. The molecule has 3 aromatic carbocycles. The highest BCUT2D eigenvalue weighted by atomic mass is 16.6. The molecule has 6 heterocycles. The van der Waals surface area contributed by atoms with E-state index in [4.69, 9.17) is 24.5 Å². The van der Waals surface area contributed by atoms with Crippen LogP contribution in [-0.4, -0.2) is 61.5 Å². The molecule has 20 nitrogen and oxygen atoms in total. The molecule has 79 heavy (non-hydrogen) atoms. The van der Waals surface area contributed by atoms with Crippen LogP contribution in [0, 0.1) is 53.7 Å². The van der Waals surface area contributed by atoms with Crippen molar-refractivity contribution < 1.29 is 9.53 Å². The van der Waals surface area contributed by atoms with Gasteiger partial charge in [-0.2, -0.15) is 30.7 Å². The average molecular weight is 1060 g/mol. The SMILES string of the molecule is [C-]#[N+]C1=C(C)NC(C)=C(C#N)C1c1ccc2[nH]nc(NCC)c2c1.[C-]#[N+]C1=C(C)NC(C)=C(C#N)C1c1ccc2[nH]nc(NCC)c2c1.[C-]#[N+]C1=C(C)NC(C)=C(C#N)C1c1ccc2c(c1)c(NCC)nn2C(=O)OC(C)(C)C. The minimum absolute atomic E-state index is 0.345. The van der Waals surface area contributed by atoms with Crippen molar-refractivity contribution in [3.05, 3.63) is 174 Å². The van der Waals surface area contributed by atoms with Gasteiger partial charge in [-0.1, -0.05) is 18.2 Å². The van der Waals surface area contributed by atoms with Crippen molar-refractivity contribution in [3.8, 4) is 18.2 Å². The van der Waals surface area contributed by atoms with Gasteiger partial charge >= 0.3 is 6.09 Å². The highest BCUT2D eigenvalue weighted by Gasteiger charge is 2.34. The molecule has 0 spiro atoms. The number of nitriles is 3. The highest BCUT2D eigenvalue weighted by molar-refractivity contribution is 5.96. The number of H-pyrrole nitrogens is 2. The third-order valence-electron chi connectivity index (χ3n) is 13.4. The summed E-state index contributed by atoms with van der Waals surface area (Å²) < 4.78 is 6.74. The van der Waals surface area contributed by atoms with Crippen molar-refractivity contribution in [2.45, 2.75) is 106 Å². The Labute approximate surface area is 459 Å². The van der Waals surface area contributed by atoms with Gasteiger partial charge in [0.15, 0.2) is 34.5 Å². The summed E-state index contributed by atoms with van der Waals surface area (Å²) in [5.74, 6) is 0.945. The highest BCUT2D eigenvalue weighted by Crippen LogP contribution is 2.43. The summed E-state index contributed by atoms with van der Waals surface area (Å²) >= 11 is 0. The lowest BCUT2D eigenvalue weighted by Gasteiger charge is -2.26. The van der Waals surface area contributed by atoms with E-state index in [1.54, 1.807) is 26.8 Å². The first-order chi connectivity index (χ1) is 37.8. The van der Waals surface area contributed by atoms with Gasteiger partial charge in [0, 0.05) is 70.0 Å². The number of hydrogen-bond donors (Lipinski definition) is 8. The number of carbonyl (C=O) groups is 1. The van der Waals surface area contributed by atoms with Crippen LogP contribution in [0.3, 0.4) is 0 Å². The molecular weight excluding hydrogens is 993 g/mol. The van der Waals surface area contributed by atoms with Crippen molar-refractivity contribution in [2.75, 3.05) is 35.6 Å². The molecule has 3 atom stereocenters. The number of hydrogen-bond acceptors (Lipinski definition) is 14. The van der Waals surface area contributed by atoms with Gasteiger partial charge in [0.25, 0.3) is 0 Å². The molecule has 3 unspecified atom stereocenters. The molecule has 0 amide bonds. The second-order valence-corrected chi connectivity index (χ2v) is 19.9. The van der Waals surface area contributed by atoms with E-state index < -0.39 is 17.6 Å². The molecule has 0 fully saturated rings. The predicted molar refractivity (Wildman–Crippen MR) is 307 cm³/mol. The monoisotopic (exact) mass is 1050 g/mol. The van der Waals surface area contributed by atoms with Crippen LogP contribution in [0.15, 0.2) is 123 Å². The minimum Gasteiger partial charge on any atom is -0.442 e. The summed E-state index contributed by atoms with van der Waals surface area (Å²) in [7, 11) is 0. The van der Waals surface area contributed by atoms with E-state index in [0.717, 1.165) is 103 Å². The maximum atomic E-state index is 12.7. The second-order valence-electron chi connectivity index (χ2n) is 19.9. The molecule has 0 aliphatic carbocycles. The molecule has 3 aliphatic heterocycles. The molecule has 3 aliphatic rings. The van der Waals surface area contributed by atoms with Crippen molar-refractivity contribution in [1.82, 2.24) is 46.1 Å². The first-order valence-corrected chi connectivity index (χ1v) is 25.6. The Morgan fingerprint density at radius 2 is 0.937 bits per heavy atom. The van der Waals surface area contributed by atoms with Crippen molar-refractivity contribution in [2.24, 2.45) is 0 Å². The fourth-order valence-electron chi connectivity index (χ4n) is 9.90. The van der Waals surface area contributed by atoms with Crippen LogP contribution in [0.25, 0.3) is 47.2 Å². The maximum Gasteiger partial charge on any atom is 0.435 e. The number of fused-ring (bicyclic) bond motifs is 3. The Morgan fingerprint density at radius 3 is 1.28 bits per heavy atom. The fraction of sp³-hybridized carbons (Fsp3) is 0.322. The Balaban J connectivity index is 0.000000174. The standard InChI is InChI=1S/C23H26N6O2.2C18H18N6/c1-8-26-21-16-11-15(19-17(12-24)13(2)27-14(3)20(19)25-7)9-10-18(16)29(28-21)22(30)31-23(4,5)6;2*1-5-21-18-13-8-12(6-7-15(13)23-24-18)16-14(9-19)10(2)22-11(3)17(16)20-4/h9-11,19,27H,8H2,1-6H3,(H,26,28);2*6-8,16,22H,5H2,1-3H3,(H2,21,23,24). The number of nitrogens with one attached hydrogen (secondary N) is 8. The van der Waals surface area contributed by atoms with E-state index in [2.05, 4.69) is 90.1 Å². The maximum absolute atomic E-state index is 12.7. The molecule has 3 aromatic heterocycles. The molecule has 20 heteroatoms. The first-order valence-electron chi connectivity index (χ1n) is 25.6. The van der Waals surface area contributed by atoms with Crippen LogP contribution in [0.2, 0.25) is 0 Å². The van der Waals surface area contributed by atoms with Crippen LogP contribution in [0.1, 0.15) is 118 Å². The van der Waals surface area contributed by atoms with Crippen LogP contribution in [-0.2, 0) is 4.74 Å². The van der Waals surface area contributed by atoms with Crippen LogP contribution in [0.4, 0.5) is 22.2 Å². The number of carbonyl (C=O) groups excluding carboxylic acids is 1. The van der Waals surface area contributed by atoms with Gasteiger partial charge in [0.05, 0.1) is 88.9 Å². The van der Waals surface area contributed by atoms with Gasteiger partial charge in [-0.05, 0) is 136 Å². The van der Waals surface area contributed by atoms with Crippen LogP contribution < -0.4 is 31.9 Å². The van der Waals surface area contributed by atoms with Gasteiger partial charge in [-0.15, -0.1) is 5.10 Å². The quantitative estimate of drug-likeness (QED) is 0.0627. The number of ether oxygens (including phenoxy) is 1. The molecule has 0 saturated heterocycles. The summed E-state index contributed by atoms with van der Waals surface area (Å²) in [6.07, 6.45) is -0.567. The van der Waals surface area contributed by atoms with E-state index in [1.807, 2.05) is 111 Å². The zero-order chi connectivity index (χ0) is 57.5. The number of rotatable bonds is 9. The summed E-state index contributed by atoms with van der Waals surface area (Å²) in [6.45, 7) is 47.4. The Hall–Kier alpha value is -10.3. The third kappa shape index (κ3) is 11.3. The first kappa shape index (κ1) is 56.4. The second kappa shape index (κ2) is 23.7. The molecule has 0 bridgehead atoms. The summed E-state index contributed by atoms with van der Waals surface area (Å²) in [4.78, 5) is 23.8. The lowest BCUT2D eigenvalue weighted by Crippen LogP contribution is -2.27. The fourth-order valence-corrected chi connectivity index (χ4v) is 9.90. The van der Waals surface area contributed by atoms with E-state index >= 15 is 0 Å². The number of aromatic nitrogens is 6. The van der Waals surface area contributed by atoms with E-state index in [9.17, 15) is 20.6 Å². The summed E-state index contributed by atoms with van der Waals surface area (Å²) in [5, 5.41) is 69.6. The lowest BCUT2D eigenvalue weighted by atomic mass is 9.84. The molecule has 0 radical (unpaired) electrons. The summed E-state index contributed by atoms with van der Waals surface area (Å²) in [6, 6.07) is 24.1. The van der Waals surface area contributed by atoms with Crippen molar-refractivity contribution in [3.63, 3.8) is 0 Å². The van der Waals surface area contributed by atoms with Gasteiger partial charge in [-0.3, -0.25) is 10.2 Å². The Morgan fingerprint density at radius 1 is 0.582 bits per heavy atom. The number of anilines is 3. The Kier molecular flexibility index (Phi) is 17.0. The van der Waals surface area contributed by atoms with Crippen molar-refractivity contribution >= 4 is 56.3 Å². The van der Waals surface area contributed by atoms with Crippen LogP contribution >= 0.6 is 0 Å². The lowest BCUT2D eigenvalue weighted by molar-refractivity contribution is 0.0523. The molecule has 0 saturated carbocycles. The van der Waals surface area contributed by atoms with Crippen LogP contribution in [0.5, 0.6) is 0 Å². The normalized spacial score (nSPS) is 17.1. The molecular formula is C59H62N18O2. The van der Waals surface area contributed by atoms with E-state index in [-0.39, 0.29) is 11.8 Å². The van der Waals surface area contributed by atoms with Gasteiger partial charge < -0.3 is 36.6 Å². The predicted octanol–water partition coefficient (Wildman–Crippen LogP) is 12.1. The third-order valence-corrected chi connectivity index (χ3v) is 13.4. The number of aromatic amines is 2. The zero-order valence-corrected chi connectivity index (χ0v) is 46.3. The average Bonchev–Trinajstić information content (AvgIpc) is 4.19. The Bertz CT molecular complexity index is 3630. The zero-order valence-electron chi connectivity index (χ0n) is 46.3. The van der Waals surface area contributed by atoms with E-state index in [1.165, 1.54) is 4.68 Å². The van der Waals surface area contributed by atoms with Gasteiger partial charge in [0.2, 0.25) is 0 Å². The molecule has 9 rings (SSSR count). The largest absolute Gasteiger partial charge is 0.442 e. The minimum atomic E-state index is -0.653. The van der Waals surface area contributed by atoms with Gasteiger partial charge in [0.1, 0.15) is 5.60 Å². The number of dihydropyridines is 3. The van der Waals surface area contributed by atoms with Crippen molar-refractivity contribution in [1.29, 1.82) is 15.8 Å². The van der Waals surface area contributed by atoms with E-state index in [0.29, 0.717) is 51.7 Å². The molecule has 6 aromatic rings.